The van der Waals surface area contributed by atoms with E-state index in [1.54, 1.807) is 18.2 Å². The monoisotopic (exact) mass is 326 g/mol. The first-order valence-corrected chi connectivity index (χ1v) is 7.94. The van der Waals surface area contributed by atoms with Crippen molar-refractivity contribution in [3.63, 3.8) is 0 Å². The first-order chi connectivity index (χ1) is 11.6. The molecular weight excluding hydrogens is 307 g/mol. The fraction of sp³-hybridized carbons (Fsp3) is 0.263. The molecule has 0 radical (unpaired) electrons. The van der Waals surface area contributed by atoms with E-state index in [9.17, 15) is 14.0 Å². The number of nitrogens with one attached hydrogen (secondary N) is 2. The molecule has 1 fully saturated rings. The van der Waals surface area contributed by atoms with E-state index in [0.29, 0.717) is 12.0 Å². The van der Waals surface area contributed by atoms with E-state index in [1.165, 1.54) is 6.07 Å². The van der Waals surface area contributed by atoms with E-state index in [0.717, 1.165) is 11.3 Å². The highest BCUT2D eigenvalue weighted by atomic mass is 19.1. The predicted molar refractivity (Wildman–Crippen MR) is 89.7 cm³/mol. The zero-order valence-electron chi connectivity index (χ0n) is 13.4. The van der Waals surface area contributed by atoms with Crippen LogP contribution in [0.5, 0.6) is 0 Å². The van der Waals surface area contributed by atoms with Gasteiger partial charge in [-0.2, -0.15) is 0 Å². The van der Waals surface area contributed by atoms with E-state index in [1.807, 2.05) is 31.2 Å². The summed E-state index contributed by atoms with van der Waals surface area (Å²) in [5.74, 6) is -1.34. The Morgan fingerprint density at radius 1 is 1.04 bits per heavy atom. The van der Waals surface area contributed by atoms with Crippen molar-refractivity contribution in [2.24, 2.45) is 11.8 Å². The molecule has 2 aromatic rings. The summed E-state index contributed by atoms with van der Waals surface area (Å²) in [7, 11) is 0. The largest absolute Gasteiger partial charge is 0.352 e. The number of para-hydroxylation sites is 1. The van der Waals surface area contributed by atoms with Gasteiger partial charge in [0.15, 0.2) is 0 Å². The van der Waals surface area contributed by atoms with E-state index in [-0.39, 0.29) is 36.0 Å². The second kappa shape index (κ2) is 6.83. The molecule has 5 heteroatoms. The van der Waals surface area contributed by atoms with Crippen molar-refractivity contribution in [2.45, 2.75) is 19.9 Å². The Kier molecular flexibility index (Phi) is 4.60. The van der Waals surface area contributed by atoms with Crippen molar-refractivity contribution in [1.82, 2.24) is 5.32 Å². The van der Waals surface area contributed by atoms with E-state index in [4.69, 9.17) is 0 Å². The van der Waals surface area contributed by atoms with Crippen LogP contribution in [0.2, 0.25) is 0 Å². The lowest BCUT2D eigenvalue weighted by Gasteiger charge is -2.08. The number of hydrogen-bond donors (Lipinski definition) is 2. The summed E-state index contributed by atoms with van der Waals surface area (Å²) in [4.78, 5) is 24.3. The maximum atomic E-state index is 13.5. The second-order valence-corrected chi connectivity index (χ2v) is 6.06. The third-order valence-electron chi connectivity index (χ3n) is 4.28. The van der Waals surface area contributed by atoms with Crippen molar-refractivity contribution >= 4 is 17.5 Å². The van der Waals surface area contributed by atoms with Crippen LogP contribution in [-0.4, -0.2) is 11.8 Å². The lowest BCUT2D eigenvalue weighted by molar-refractivity contribution is -0.125. The molecule has 0 aliphatic heterocycles. The van der Waals surface area contributed by atoms with Gasteiger partial charge in [0.05, 0.1) is 11.8 Å². The van der Waals surface area contributed by atoms with Crippen LogP contribution in [-0.2, 0) is 16.1 Å². The minimum atomic E-state index is -0.345. The molecule has 0 spiro atoms. The highest BCUT2D eigenvalue weighted by Crippen LogP contribution is 2.39. The molecule has 0 bridgehead atoms. The van der Waals surface area contributed by atoms with Crippen molar-refractivity contribution in [3.8, 4) is 0 Å². The zero-order chi connectivity index (χ0) is 17.1. The fourth-order valence-electron chi connectivity index (χ4n) is 2.67. The molecule has 2 unspecified atom stereocenters. The summed E-state index contributed by atoms with van der Waals surface area (Å²) < 4.78 is 13.5. The molecule has 0 heterocycles. The normalized spacial score (nSPS) is 18.8. The van der Waals surface area contributed by atoms with Gasteiger partial charge in [0.25, 0.3) is 0 Å². The average Bonchev–Trinajstić information content (AvgIpc) is 3.37. The van der Waals surface area contributed by atoms with Crippen LogP contribution in [0.25, 0.3) is 0 Å². The minimum Gasteiger partial charge on any atom is -0.352 e. The first kappa shape index (κ1) is 16.2. The van der Waals surface area contributed by atoms with E-state index in [2.05, 4.69) is 10.6 Å². The van der Waals surface area contributed by atoms with Gasteiger partial charge < -0.3 is 10.6 Å². The standard InChI is InChI=1S/C19H19FN2O2/c1-12-6-2-5-9-17(12)22-19(24)15-10-14(15)18(23)21-11-13-7-3-4-8-16(13)20/h2-9,14-15H,10-11H2,1H3,(H,21,23)(H,22,24). The molecule has 2 aromatic carbocycles. The van der Waals surface area contributed by atoms with Gasteiger partial charge in [0.1, 0.15) is 5.82 Å². The SMILES string of the molecule is Cc1ccccc1NC(=O)C1CC1C(=O)NCc1ccccc1F. The number of rotatable bonds is 5. The smallest absolute Gasteiger partial charge is 0.228 e. The third kappa shape index (κ3) is 3.62. The topological polar surface area (TPSA) is 58.2 Å². The Morgan fingerprint density at radius 2 is 1.71 bits per heavy atom. The minimum absolute atomic E-state index is 0.133. The summed E-state index contributed by atoms with van der Waals surface area (Å²) in [6.07, 6.45) is 0.529. The Hall–Kier alpha value is -2.69. The third-order valence-corrected chi connectivity index (χ3v) is 4.28. The van der Waals surface area contributed by atoms with Crippen molar-refractivity contribution in [1.29, 1.82) is 0 Å². The van der Waals surface area contributed by atoms with Crippen molar-refractivity contribution in [2.75, 3.05) is 5.32 Å². The first-order valence-electron chi connectivity index (χ1n) is 7.94. The highest BCUT2D eigenvalue weighted by Gasteiger charge is 2.47. The summed E-state index contributed by atoms with van der Waals surface area (Å²) >= 11 is 0. The van der Waals surface area contributed by atoms with Crippen LogP contribution < -0.4 is 10.6 Å². The van der Waals surface area contributed by atoms with Gasteiger partial charge in [-0.3, -0.25) is 9.59 Å². The van der Waals surface area contributed by atoms with Crippen molar-refractivity contribution in [3.05, 3.63) is 65.5 Å². The van der Waals surface area contributed by atoms with Gasteiger partial charge in [0.2, 0.25) is 11.8 Å². The molecule has 0 saturated heterocycles. The fourth-order valence-corrected chi connectivity index (χ4v) is 2.67. The van der Waals surface area contributed by atoms with E-state index >= 15 is 0 Å². The van der Waals surface area contributed by atoms with Crippen molar-refractivity contribution < 1.29 is 14.0 Å². The van der Waals surface area contributed by atoms with Gasteiger partial charge in [-0.25, -0.2) is 4.39 Å². The predicted octanol–water partition coefficient (Wildman–Crippen LogP) is 3.03. The number of carbonyl (C=O) groups excluding carboxylic acids is 2. The van der Waals surface area contributed by atoms with Crippen LogP contribution in [0.15, 0.2) is 48.5 Å². The molecule has 1 aliphatic carbocycles. The molecule has 1 saturated carbocycles. The van der Waals surface area contributed by atoms with Crippen LogP contribution in [0.4, 0.5) is 10.1 Å². The van der Waals surface area contributed by atoms with Crippen LogP contribution >= 0.6 is 0 Å². The number of carbonyl (C=O) groups is 2. The summed E-state index contributed by atoms with van der Waals surface area (Å²) in [6, 6.07) is 13.8. The highest BCUT2D eigenvalue weighted by molar-refractivity contribution is 5.99. The average molecular weight is 326 g/mol. The second-order valence-electron chi connectivity index (χ2n) is 6.06. The number of halogens is 1. The van der Waals surface area contributed by atoms with Crippen LogP contribution in [0.1, 0.15) is 17.5 Å². The Morgan fingerprint density at radius 3 is 2.46 bits per heavy atom. The molecule has 1 aliphatic rings. The number of amides is 2. The van der Waals surface area contributed by atoms with Gasteiger partial charge in [-0.15, -0.1) is 0 Å². The number of benzene rings is 2. The van der Waals surface area contributed by atoms with Crippen LogP contribution in [0.3, 0.4) is 0 Å². The number of aryl methyl sites for hydroxylation is 1. The number of anilines is 1. The summed E-state index contributed by atoms with van der Waals surface area (Å²) in [5.41, 5.74) is 2.18. The molecule has 4 nitrogen and oxygen atoms in total. The van der Waals surface area contributed by atoms with Gasteiger partial charge in [0, 0.05) is 17.8 Å². The molecule has 2 atom stereocenters. The molecule has 3 rings (SSSR count). The maximum absolute atomic E-state index is 13.5. The quantitative estimate of drug-likeness (QED) is 0.887. The lowest BCUT2D eigenvalue weighted by atomic mass is 10.2. The Bertz CT molecular complexity index is 775. The Balaban J connectivity index is 1.51. The van der Waals surface area contributed by atoms with Gasteiger partial charge in [-0.05, 0) is 31.0 Å². The van der Waals surface area contributed by atoms with Gasteiger partial charge >= 0.3 is 0 Å². The van der Waals surface area contributed by atoms with Gasteiger partial charge in [-0.1, -0.05) is 36.4 Å². The summed E-state index contributed by atoms with van der Waals surface area (Å²) in [6.45, 7) is 2.05. The van der Waals surface area contributed by atoms with E-state index < -0.39 is 0 Å². The number of hydrogen-bond acceptors (Lipinski definition) is 2. The summed E-state index contributed by atoms with van der Waals surface area (Å²) in [5, 5.41) is 5.56. The zero-order valence-corrected chi connectivity index (χ0v) is 13.4. The molecule has 2 N–H and O–H groups in total. The van der Waals surface area contributed by atoms with Crippen LogP contribution in [0, 0.1) is 24.6 Å². The maximum Gasteiger partial charge on any atom is 0.228 e. The molecule has 0 aromatic heterocycles. The lowest BCUT2D eigenvalue weighted by Crippen LogP contribution is -2.27. The Labute approximate surface area is 140 Å². The molecule has 24 heavy (non-hydrogen) atoms. The molecule has 124 valence electrons. The molecule has 2 amide bonds. The molecular formula is C19H19FN2O2.